The Bertz CT molecular complexity index is 857. The molecule has 0 spiro atoms. The summed E-state index contributed by atoms with van der Waals surface area (Å²) in [5.41, 5.74) is 4.11. The number of esters is 1. The lowest BCUT2D eigenvalue weighted by Gasteiger charge is -2.45. The summed E-state index contributed by atoms with van der Waals surface area (Å²) in [4.78, 5) is 15.0. The quantitative estimate of drug-likeness (QED) is 0.841. The lowest BCUT2D eigenvalue weighted by atomic mass is 9.72. The molecule has 0 radical (unpaired) electrons. The highest BCUT2D eigenvalue weighted by Crippen LogP contribution is 2.45. The predicted octanol–water partition coefficient (Wildman–Crippen LogP) is 2.93. The summed E-state index contributed by atoms with van der Waals surface area (Å²) < 4.78 is 7.86. The van der Waals surface area contributed by atoms with Gasteiger partial charge in [0.05, 0.1) is 12.0 Å². The molecule has 1 fully saturated rings. The molecule has 2 aliphatic rings. The zero-order valence-electron chi connectivity index (χ0n) is 16.7. The minimum absolute atomic E-state index is 0.150. The normalized spacial score (nSPS) is 27.2. The highest BCUT2D eigenvalue weighted by Gasteiger charge is 2.42. The van der Waals surface area contributed by atoms with E-state index in [0.717, 1.165) is 19.4 Å². The van der Waals surface area contributed by atoms with Gasteiger partial charge in [0.25, 0.3) is 0 Å². The molecule has 0 bridgehead atoms. The van der Waals surface area contributed by atoms with E-state index < -0.39 is 12.2 Å². The molecule has 1 aromatic carbocycles. The van der Waals surface area contributed by atoms with Crippen LogP contribution in [0.15, 0.2) is 24.4 Å². The van der Waals surface area contributed by atoms with Crippen molar-refractivity contribution in [1.29, 1.82) is 0 Å². The number of piperidine rings is 1. The molecule has 5 heteroatoms. The van der Waals surface area contributed by atoms with Crippen molar-refractivity contribution in [3.8, 4) is 0 Å². The van der Waals surface area contributed by atoms with E-state index in [1.165, 1.54) is 22.0 Å². The third kappa shape index (κ3) is 3.07. The van der Waals surface area contributed by atoms with Crippen molar-refractivity contribution in [3.63, 3.8) is 0 Å². The van der Waals surface area contributed by atoms with Gasteiger partial charge in [-0.25, -0.2) is 0 Å². The average molecular weight is 370 g/mol. The van der Waals surface area contributed by atoms with Crippen LogP contribution in [0.3, 0.4) is 0 Å². The van der Waals surface area contributed by atoms with Gasteiger partial charge >= 0.3 is 5.97 Å². The Morgan fingerprint density at radius 3 is 2.85 bits per heavy atom. The number of aliphatic hydroxyl groups is 1. The molecular formula is C22H30N2O3. The van der Waals surface area contributed by atoms with Gasteiger partial charge in [0, 0.05) is 42.1 Å². The molecule has 5 nitrogen and oxygen atoms in total. The summed E-state index contributed by atoms with van der Waals surface area (Å²) in [6.45, 7) is 7.27. The fourth-order valence-electron chi connectivity index (χ4n) is 4.93. The second kappa shape index (κ2) is 6.95. The van der Waals surface area contributed by atoms with Gasteiger partial charge in [0.1, 0.15) is 6.10 Å². The molecule has 1 saturated heterocycles. The standard InChI is InChI=1S/C22H30N2O3/c1-5-24-12-15-10-20-18(17-7-6-8-19(24)21(15)17)9-16(11-23(20)4)22(26)27-14(3)13(2)25/h6-8,12-14,16,18,20,25H,5,9-11H2,1-4H3. The highest BCUT2D eigenvalue weighted by atomic mass is 16.6. The summed E-state index contributed by atoms with van der Waals surface area (Å²) in [6, 6.07) is 7.01. The van der Waals surface area contributed by atoms with Gasteiger partial charge in [0.2, 0.25) is 0 Å². The first kappa shape index (κ1) is 18.5. The van der Waals surface area contributed by atoms with Crippen LogP contribution in [0.25, 0.3) is 10.9 Å². The number of likely N-dealkylation sites (tertiary alicyclic amines) is 1. The number of likely N-dealkylation sites (N-methyl/N-ethyl adjacent to an activating group) is 1. The number of rotatable bonds is 4. The van der Waals surface area contributed by atoms with Crippen molar-refractivity contribution in [3.05, 3.63) is 35.5 Å². The number of hydrogen-bond acceptors (Lipinski definition) is 4. The number of ether oxygens (including phenoxy) is 1. The fourth-order valence-corrected chi connectivity index (χ4v) is 4.93. The van der Waals surface area contributed by atoms with Gasteiger partial charge in [-0.3, -0.25) is 4.79 Å². The first-order valence-corrected chi connectivity index (χ1v) is 10.1. The maximum absolute atomic E-state index is 12.7. The molecule has 1 aromatic heterocycles. The number of nitrogens with zero attached hydrogens (tertiary/aromatic N) is 2. The number of aliphatic hydroxyl groups excluding tert-OH is 1. The minimum Gasteiger partial charge on any atom is -0.460 e. The third-order valence-corrected chi connectivity index (χ3v) is 6.58. The second-order valence-electron chi connectivity index (χ2n) is 8.31. The van der Waals surface area contributed by atoms with Crippen molar-refractivity contribution < 1.29 is 14.6 Å². The van der Waals surface area contributed by atoms with Crippen LogP contribution in [-0.4, -0.2) is 52.4 Å². The second-order valence-corrected chi connectivity index (χ2v) is 8.31. The number of aryl methyl sites for hydroxylation is 1. The Hall–Kier alpha value is -1.85. The van der Waals surface area contributed by atoms with E-state index in [1.54, 1.807) is 13.8 Å². The molecule has 4 rings (SSSR count). The molecule has 0 saturated carbocycles. The number of benzene rings is 1. The molecule has 1 aliphatic heterocycles. The Morgan fingerprint density at radius 2 is 2.15 bits per heavy atom. The van der Waals surface area contributed by atoms with Crippen LogP contribution in [0.5, 0.6) is 0 Å². The van der Waals surface area contributed by atoms with E-state index >= 15 is 0 Å². The van der Waals surface area contributed by atoms with Crippen LogP contribution in [-0.2, 0) is 22.5 Å². The molecule has 146 valence electrons. The monoisotopic (exact) mass is 370 g/mol. The van der Waals surface area contributed by atoms with Crippen molar-refractivity contribution in [1.82, 2.24) is 9.47 Å². The number of carbonyl (C=O) groups is 1. The van der Waals surface area contributed by atoms with Crippen LogP contribution in [0.2, 0.25) is 0 Å². The van der Waals surface area contributed by atoms with Crippen molar-refractivity contribution in [2.45, 2.75) is 64.3 Å². The van der Waals surface area contributed by atoms with Gasteiger partial charge in [-0.2, -0.15) is 0 Å². The molecule has 1 N–H and O–H groups in total. The maximum Gasteiger partial charge on any atom is 0.310 e. The van der Waals surface area contributed by atoms with Gasteiger partial charge in [-0.15, -0.1) is 0 Å². The van der Waals surface area contributed by atoms with Crippen molar-refractivity contribution in [2.75, 3.05) is 13.6 Å². The molecule has 5 atom stereocenters. The Labute approximate surface area is 160 Å². The molecule has 5 unspecified atom stereocenters. The molecule has 27 heavy (non-hydrogen) atoms. The first-order chi connectivity index (χ1) is 12.9. The van der Waals surface area contributed by atoms with Crippen molar-refractivity contribution >= 4 is 16.9 Å². The summed E-state index contributed by atoms with van der Waals surface area (Å²) in [5, 5.41) is 11.0. The topological polar surface area (TPSA) is 54.7 Å². The summed E-state index contributed by atoms with van der Waals surface area (Å²) in [6.07, 6.45) is 3.04. The summed E-state index contributed by atoms with van der Waals surface area (Å²) >= 11 is 0. The van der Waals surface area contributed by atoms with E-state index in [0.29, 0.717) is 18.5 Å². The molecule has 2 aromatic rings. The predicted molar refractivity (Wildman–Crippen MR) is 106 cm³/mol. The van der Waals surface area contributed by atoms with E-state index in [-0.39, 0.29) is 11.9 Å². The zero-order valence-corrected chi connectivity index (χ0v) is 16.7. The number of fused-ring (bicyclic) bond motifs is 2. The number of carbonyl (C=O) groups excluding carboxylic acids is 1. The van der Waals surface area contributed by atoms with Crippen LogP contribution in [0.4, 0.5) is 0 Å². The number of hydrogen-bond donors (Lipinski definition) is 1. The molecule has 2 heterocycles. The minimum atomic E-state index is -0.650. The molecular weight excluding hydrogens is 340 g/mol. The Balaban J connectivity index is 1.65. The Kier molecular flexibility index (Phi) is 4.77. The van der Waals surface area contributed by atoms with Gasteiger partial charge in [-0.1, -0.05) is 12.1 Å². The van der Waals surface area contributed by atoms with Crippen molar-refractivity contribution in [2.24, 2.45) is 5.92 Å². The smallest absolute Gasteiger partial charge is 0.310 e. The number of aromatic nitrogens is 1. The van der Waals surface area contributed by atoms with E-state index in [1.807, 2.05) is 0 Å². The summed E-state index contributed by atoms with van der Waals surface area (Å²) in [5.74, 6) is 0.00683. The van der Waals surface area contributed by atoms with Gasteiger partial charge in [-0.05, 0) is 57.9 Å². The van der Waals surface area contributed by atoms with E-state index in [2.05, 4.69) is 47.8 Å². The lowest BCUT2D eigenvalue weighted by molar-refractivity contribution is -0.160. The zero-order chi connectivity index (χ0) is 19.3. The SMILES string of the molecule is CCn1cc2c3c(cccc31)C1CC(C(=O)OC(C)C(C)O)CN(C)C1C2. The molecule has 0 amide bonds. The van der Waals surface area contributed by atoms with E-state index in [4.69, 9.17) is 4.74 Å². The van der Waals surface area contributed by atoms with Crippen LogP contribution >= 0.6 is 0 Å². The van der Waals surface area contributed by atoms with Crippen LogP contribution < -0.4 is 0 Å². The van der Waals surface area contributed by atoms with Gasteiger partial charge < -0.3 is 19.3 Å². The highest BCUT2D eigenvalue weighted by molar-refractivity contribution is 5.89. The maximum atomic E-state index is 12.7. The molecule has 1 aliphatic carbocycles. The third-order valence-electron chi connectivity index (χ3n) is 6.58. The van der Waals surface area contributed by atoms with E-state index in [9.17, 15) is 9.90 Å². The fraction of sp³-hybridized carbons (Fsp3) is 0.591. The van der Waals surface area contributed by atoms with Crippen LogP contribution in [0.1, 0.15) is 44.2 Å². The summed E-state index contributed by atoms with van der Waals surface area (Å²) in [7, 11) is 2.12. The Morgan fingerprint density at radius 1 is 1.37 bits per heavy atom. The average Bonchev–Trinajstić information content (AvgIpc) is 3.01. The first-order valence-electron chi connectivity index (χ1n) is 10.1. The van der Waals surface area contributed by atoms with Crippen LogP contribution in [0, 0.1) is 5.92 Å². The lowest BCUT2D eigenvalue weighted by Crippen LogP contribution is -2.50. The van der Waals surface area contributed by atoms with Gasteiger partial charge in [0.15, 0.2) is 0 Å². The largest absolute Gasteiger partial charge is 0.460 e.